The second kappa shape index (κ2) is 15.6. The van der Waals surface area contributed by atoms with E-state index >= 15 is 0 Å². The highest BCUT2D eigenvalue weighted by Crippen LogP contribution is 2.23. The Morgan fingerprint density at radius 2 is 1.50 bits per heavy atom. The normalized spacial score (nSPS) is 13.3. The first kappa shape index (κ1) is 33.7. The van der Waals surface area contributed by atoms with Crippen molar-refractivity contribution in [2.24, 2.45) is 5.92 Å². The first-order valence-corrected chi connectivity index (χ1v) is 13.6. The van der Waals surface area contributed by atoms with Crippen molar-refractivity contribution in [2.45, 2.75) is 44.8 Å². The summed E-state index contributed by atoms with van der Waals surface area (Å²) in [4.78, 5) is 56.0. The van der Waals surface area contributed by atoms with E-state index < -0.39 is 53.7 Å². The van der Waals surface area contributed by atoms with Crippen LogP contribution in [0.25, 0.3) is 0 Å². The van der Waals surface area contributed by atoms with Gasteiger partial charge in [0, 0.05) is 6.20 Å². The average molecular weight is 615 g/mol. The zero-order valence-corrected chi connectivity index (χ0v) is 24.3. The monoisotopic (exact) mass is 614 g/mol. The Morgan fingerprint density at radius 1 is 0.841 bits per heavy atom. The predicted octanol–water partition coefficient (Wildman–Crippen LogP) is 3.54. The van der Waals surface area contributed by atoms with Crippen molar-refractivity contribution in [3.05, 3.63) is 95.8 Å². The van der Waals surface area contributed by atoms with E-state index in [-0.39, 0.29) is 24.5 Å². The molecule has 0 spiro atoms. The fraction of sp³-hybridized carbons (Fsp3) is 0.323. The van der Waals surface area contributed by atoms with Crippen molar-refractivity contribution in [3.63, 3.8) is 0 Å². The lowest BCUT2D eigenvalue weighted by atomic mass is 9.97. The van der Waals surface area contributed by atoms with Crippen molar-refractivity contribution < 1.29 is 41.8 Å². The van der Waals surface area contributed by atoms with Crippen LogP contribution in [-0.2, 0) is 25.7 Å². The van der Waals surface area contributed by atoms with Crippen LogP contribution in [0.2, 0.25) is 0 Å². The molecule has 13 heteroatoms. The lowest BCUT2D eigenvalue weighted by molar-refractivity contribution is -0.175. The molecule has 44 heavy (non-hydrogen) atoms. The summed E-state index contributed by atoms with van der Waals surface area (Å²) < 4.78 is 50.7. The molecule has 1 heterocycles. The third-order valence-electron chi connectivity index (χ3n) is 6.44. The number of aromatic nitrogens is 1. The number of carbonyl (C=O) groups excluding carboxylic acids is 4. The van der Waals surface area contributed by atoms with Gasteiger partial charge in [-0.1, -0.05) is 62.4 Å². The highest BCUT2D eigenvalue weighted by Gasteiger charge is 2.45. The summed E-state index contributed by atoms with van der Waals surface area (Å²) in [6.45, 7) is 2.48. The second-order valence-electron chi connectivity index (χ2n) is 10.0. The molecule has 3 aromatic rings. The first-order chi connectivity index (χ1) is 20.9. The molecular weight excluding hydrogens is 581 g/mol. The summed E-state index contributed by atoms with van der Waals surface area (Å²) in [5, 5.41) is 7.18. The summed E-state index contributed by atoms with van der Waals surface area (Å²) >= 11 is 0. The Balaban J connectivity index is 1.89. The van der Waals surface area contributed by atoms with Crippen molar-refractivity contribution in [1.82, 2.24) is 20.9 Å². The molecule has 1 aromatic heterocycles. The molecule has 2 aromatic carbocycles. The smallest absolute Gasteiger partial charge is 0.452 e. The summed E-state index contributed by atoms with van der Waals surface area (Å²) in [7, 11) is 1.42. The van der Waals surface area contributed by atoms with Gasteiger partial charge in [-0.2, -0.15) is 13.2 Å². The zero-order valence-electron chi connectivity index (χ0n) is 24.3. The molecule has 3 N–H and O–H groups in total. The summed E-state index contributed by atoms with van der Waals surface area (Å²) in [5.74, 6) is -5.27. The summed E-state index contributed by atoms with van der Waals surface area (Å²) in [5.41, 5.74) is 0.995. The number of halogens is 3. The van der Waals surface area contributed by atoms with Gasteiger partial charge >= 0.3 is 6.18 Å². The number of nitrogens with one attached hydrogen (secondary N) is 3. The number of hydrogen-bond acceptors (Lipinski definition) is 7. The molecule has 0 bridgehead atoms. The van der Waals surface area contributed by atoms with Crippen LogP contribution in [0.4, 0.5) is 13.2 Å². The maximum absolute atomic E-state index is 13.6. The van der Waals surface area contributed by atoms with Gasteiger partial charge in [0.2, 0.25) is 11.8 Å². The maximum Gasteiger partial charge on any atom is 0.452 e. The highest BCUT2D eigenvalue weighted by molar-refractivity contribution is 5.98. The van der Waals surface area contributed by atoms with Crippen LogP contribution in [0.1, 0.15) is 41.5 Å². The van der Waals surface area contributed by atoms with Crippen molar-refractivity contribution in [2.75, 3.05) is 13.7 Å². The molecule has 234 valence electrons. The van der Waals surface area contributed by atoms with Crippen LogP contribution >= 0.6 is 0 Å². The number of ketones is 1. The zero-order chi connectivity index (χ0) is 32.3. The van der Waals surface area contributed by atoms with Crippen molar-refractivity contribution in [3.8, 4) is 5.75 Å². The van der Waals surface area contributed by atoms with Gasteiger partial charge in [-0.05, 0) is 41.3 Å². The molecule has 0 fully saturated rings. The summed E-state index contributed by atoms with van der Waals surface area (Å²) in [6.07, 6.45) is -3.80. The standard InChI is InChI=1S/C31H33F3N4O6/c1-19(2)25(27(39)31(32,33)34)37-30(42)26(21-12-14-22(43-3)15-13-21)38-29(41)24(18-44-17-20-9-5-4-6-10-20)36-28(40)23-11-7-8-16-35-23/h4-16,19,24-26H,17-18H2,1-3H3,(H,36,40)(H,37,42)(H,38,41)/t24-,25+,26+/m1/s1. The maximum atomic E-state index is 13.6. The van der Waals surface area contributed by atoms with Crippen LogP contribution in [0.3, 0.4) is 0 Å². The Hall–Kier alpha value is -4.78. The van der Waals surface area contributed by atoms with Crippen LogP contribution in [0.15, 0.2) is 79.0 Å². The number of amides is 3. The molecule has 10 nitrogen and oxygen atoms in total. The molecular formula is C31H33F3N4O6. The van der Waals surface area contributed by atoms with E-state index in [1.54, 1.807) is 36.4 Å². The number of pyridine rings is 1. The Kier molecular flexibility index (Phi) is 12.0. The van der Waals surface area contributed by atoms with Crippen LogP contribution < -0.4 is 20.7 Å². The van der Waals surface area contributed by atoms with Gasteiger partial charge in [-0.3, -0.25) is 24.2 Å². The van der Waals surface area contributed by atoms with Gasteiger partial charge in [0.1, 0.15) is 23.5 Å². The van der Waals surface area contributed by atoms with Crippen LogP contribution in [-0.4, -0.2) is 60.5 Å². The third kappa shape index (κ3) is 9.63. The topological polar surface area (TPSA) is 136 Å². The molecule has 0 aliphatic heterocycles. The number of alkyl halides is 3. The number of Topliss-reactive ketones (excluding diaryl/α,β-unsaturated/α-hetero) is 1. The molecule has 3 amide bonds. The van der Waals surface area contributed by atoms with E-state index in [1.165, 1.54) is 57.5 Å². The largest absolute Gasteiger partial charge is 0.497 e. The van der Waals surface area contributed by atoms with E-state index in [9.17, 15) is 32.3 Å². The Morgan fingerprint density at radius 3 is 2.07 bits per heavy atom. The highest BCUT2D eigenvalue weighted by atomic mass is 19.4. The van der Waals surface area contributed by atoms with E-state index in [0.29, 0.717) is 5.75 Å². The molecule has 3 rings (SSSR count). The molecule has 0 aliphatic carbocycles. The fourth-order valence-corrected chi connectivity index (χ4v) is 4.07. The average Bonchev–Trinajstić information content (AvgIpc) is 3.01. The lowest BCUT2D eigenvalue weighted by Crippen LogP contribution is -2.55. The van der Waals surface area contributed by atoms with E-state index in [0.717, 1.165) is 5.56 Å². The predicted molar refractivity (Wildman–Crippen MR) is 153 cm³/mol. The molecule has 0 radical (unpaired) electrons. The number of nitrogens with zero attached hydrogens (tertiary/aromatic N) is 1. The number of hydrogen-bond donors (Lipinski definition) is 3. The minimum Gasteiger partial charge on any atom is -0.497 e. The van der Waals surface area contributed by atoms with Gasteiger partial charge in [0.15, 0.2) is 0 Å². The second-order valence-corrected chi connectivity index (χ2v) is 10.0. The molecule has 0 saturated heterocycles. The Labute approximate surface area is 252 Å². The van der Waals surface area contributed by atoms with Gasteiger partial charge in [-0.15, -0.1) is 0 Å². The molecule has 0 saturated carbocycles. The van der Waals surface area contributed by atoms with Crippen molar-refractivity contribution >= 4 is 23.5 Å². The SMILES string of the molecule is COc1ccc([C@H](NC(=O)[C@@H](COCc2ccccc2)NC(=O)c2ccccn2)C(=O)N[C@H](C(=O)C(F)(F)F)C(C)C)cc1. The Bertz CT molecular complexity index is 1400. The quantitative estimate of drug-likeness (QED) is 0.253. The van der Waals surface area contributed by atoms with Crippen LogP contribution in [0.5, 0.6) is 5.75 Å². The van der Waals surface area contributed by atoms with E-state index in [2.05, 4.69) is 20.9 Å². The number of rotatable bonds is 14. The van der Waals surface area contributed by atoms with E-state index in [1.807, 2.05) is 6.07 Å². The van der Waals surface area contributed by atoms with Gasteiger partial charge in [0.05, 0.1) is 26.4 Å². The third-order valence-corrected chi connectivity index (χ3v) is 6.44. The van der Waals surface area contributed by atoms with E-state index in [4.69, 9.17) is 9.47 Å². The van der Waals surface area contributed by atoms with Gasteiger partial charge < -0.3 is 25.4 Å². The van der Waals surface area contributed by atoms with Crippen LogP contribution in [0, 0.1) is 5.92 Å². The minimum absolute atomic E-state index is 0.0169. The molecule has 0 unspecified atom stereocenters. The molecule has 3 atom stereocenters. The van der Waals surface area contributed by atoms with Gasteiger partial charge in [-0.25, -0.2) is 0 Å². The van der Waals surface area contributed by atoms with Gasteiger partial charge in [0.25, 0.3) is 11.7 Å². The fourth-order valence-electron chi connectivity index (χ4n) is 4.07. The number of ether oxygens (including phenoxy) is 2. The summed E-state index contributed by atoms with van der Waals surface area (Å²) in [6, 6.07) is 14.7. The molecule has 0 aliphatic rings. The number of benzene rings is 2. The number of methoxy groups -OCH3 is 1. The number of carbonyl (C=O) groups is 4. The first-order valence-electron chi connectivity index (χ1n) is 13.6. The lowest BCUT2D eigenvalue weighted by Gasteiger charge is -2.27. The minimum atomic E-state index is -5.20. The van der Waals surface area contributed by atoms with Crippen molar-refractivity contribution in [1.29, 1.82) is 0 Å².